The second-order valence-corrected chi connectivity index (χ2v) is 4.77. The van der Waals surface area contributed by atoms with E-state index in [-0.39, 0.29) is 11.7 Å². The third-order valence-corrected chi connectivity index (χ3v) is 3.27. The number of hydrogen-bond donors (Lipinski definition) is 1. The number of likely N-dealkylation sites (N-methyl/N-ethyl adjacent to an activating group) is 1. The first-order valence-corrected chi connectivity index (χ1v) is 6.64. The van der Waals surface area contributed by atoms with Crippen LogP contribution in [-0.2, 0) is 4.74 Å². The molecule has 1 N–H and O–H groups in total. The van der Waals surface area contributed by atoms with Gasteiger partial charge in [-0.1, -0.05) is 6.07 Å². The van der Waals surface area contributed by atoms with E-state index >= 15 is 0 Å². The summed E-state index contributed by atoms with van der Waals surface area (Å²) in [6.07, 6.45) is -0.728. The third-order valence-electron chi connectivity index (χ3n) is 3.27. The van der Waals surface area contributed by atoms with Crippen molar-refractivity contribution >= 4 is 11.4 Å². The molecule has 0 aromatic heterocycles. The summed E-state index contributed by atoms with van der Waals surface area (Å²) in [6, 6.07) is 4.87. The SMILES string of the molecule is CCN(c1ccc([C@H](C)O)cc1[N+](=O)[O-])C(C)COC. The van der Waals surface area contributed by atoms with Gasteiger partial charge in [-0.05, 0) is 32.4 Å². The minimum atomic E-state index is -0.728. The van der Waals surface area contributed by atoms with Gasteiger partial charge in [-0.15, -0.1) is 0 Å². The van der Waals surface area contributed by atoms with E-state index in [0.29, 0.717) is 24.4 Å². The average molecular weight is 282 g/mol. The van der Waals surface area contributed by atoms with Crippen molar-refractivity contribution in [2.45, 2.75) is 32.9 Å². The van der Waals surface area contributed by atoms with Crippen molar-refractivity contribution in [1.82, 2.24) is 0 Å². The quantitative estimate of drug-likeness (QED) is 0.614. The summed E-state index contributed by atoms with van der Waals surface area (Å²) in [5.74, 6) is 0. The zero-order valence-corrected chi connectivity index (χ0v) is 12.4. The van der Waals surface area contributed by atoms with E-state index in [1.165, 1.54) is 6.07 Å². The van der Waals surface area contributed by atoms with Gasteiger partial charge in [0.2, 0.25) is 0 Å². The fourth-order valence-electron chi connectivity index (χ4n) is 2.24. The summed E-state index contributed by atoms with van der Waals surface area (Å²) in [5, 5.41) is 20.8. The molecule has 0 bridgehead atoms. The molecule has 0 amide bonds. The van der Waals surface area contributed by atoms with Crippen molar-refractivity contribution in [3.8, 4) is 0 Å². The number of nitrogens with zero attached hydrogens (tertiary/aromatic N) is 2. The molecule has 112 valence electrons. The summed E-state index contributed by atoms with van der Waals surface area (Å²) in [6.45, 7) is 6.62. The normalized spacial score (nSPS) is 13.8. The van der Waals surface area contributed by atoms with Gasteiger partial charge in [0.15, 0.2) is 0 Å². The standard InChI is InChI=1S/C14H22N2O4/c1-5-15(10(2)9-20-4)13-7-6-12(11(3)17)8-14(13)16(18)19/h6-8,10-11,17H,5,9H2,1-4H3/t10?,11-/m0/s1. The Morgan fingerprint density at radius 1 is 1.45 bits per heavy atom. The Morgan fingerprint density at radius 3 is 2.55 bits per heavy atom. The number of ether oxygens (including phenoxy) is 1. The predicted octanol–water partition coefficient (Wildman–Crippen LogP) is 2.51. The molecule has 0 saturated carbocycles. The molecule has 0 spiro atoms. The average Bonchev–Trinajstić information content (AvgIpc) is 2.39. The second kappa shape index (κ2) is 7.21. The number of nitro benzene ring substituents is 1. The summed E-state index contributed by atoms with van der Waals surface area (Å²) in [4.78, 5) is 12.8. The van der Waals surface area contributed by atoms with Gasteiger partial charge >= 0.3 is 0 Å². The van der Waals surface area contributed by atoms with Gasteiger partial charge in [0.05, 0.1) is 17.6 Å². The Kier molecular flexibility index (Phi) is 5.91. The van der Waals surface area contributed by atoms with Crippen LogP contribution in [0.2, 0.25) is 0 Å². The molecule has 0 saturated heterocycles. The first-order valence-electron chi connectivity index (χ1n) is 6.64. The Labute approximate surface area is 119 Å². The minimum absolute atomic E-state index is 0.00760. The summed E-state index contributed by atoms with van der Waals surface area (Å²) in [5.41, 5.74) is 1.09. The Morgan fingerprint density at radius 2 is 2.10 bits per heavy atom. The maximum absolute atomic E-state index is 11.3. The van der Waals surface area contributed by atoms with E-state index in [4.69, 9.17) is 4.74 Å². The number of hydrogen-bond acceptors (Lipinski definition) is 5. The van der Waals surface area contributed by atoms with Crippen molar-refractivity contribution in [1.29, 1.82) is 0 Å². The highest BCUT2D eigenvalue weighted by molar-refractivity contribution is 5.65. The Hall–Kier alpha value is -1.66. The van der Waals surface area contributed by atoms with Crippen LogP contribution in [0.1, 0.15) is 32.4 Å². The molecule has 1 aromatic carbocycles. The highest BCUT2D eigenvalue weighted by Gasteiger charge is 2.23. The number of methoxy groups -OCH3 is 1. The number of nitro groups is 1. The number of aliphatic hydroxyl groups excluding tert-OH is 1. The lowest BCUT2D eigenvalue weighted by atomic mass is 10.1. The summed E-state index contributed by atoms with van der Waals surface area (Å²) >= 11 is 0. The van der Waals surface area contributed by atoms with Crippen molar-refractivity contribution < 1.29 is 14.8 Å². The minimum Gasteiger partial charge on any atom is -0.389 e. The van der Waals surface area contributed by atoms with Crippen molar-refractivity contribution in [2.75, 3.05) is 25.2 Å². The highest BCUT2D eigenvalue weighted by Crippen LogP contribution is 2.32. The van der Waals surface area contributed by atoms with Crippen molar-refractivity contribution in [2.24, 2.45) is 0 Å². The monoisotopic (exact) mass is 282 g/mol. The van der Waals surface area contributed by atoms with E-state index in [9.17, 15) is 15.2 Å². The fourth-order valence-corrected chi connectivity index (χ4v) is 2.24. The zero-order valence-electron chi connectivity index (χ0n) is 12.4. The van der Waals surface area contributed by atoms with Crippen LogP contribution in [0.5, 0.6) is 0 Å². The lowest BCUT2D eigenvalue weighted by Crippen LogP contribution is -2.36. The fraction of sp³-hybridized carbons (Fsp3) is 0.571. The lowest BCUT2D eigenvalue weighted by Gasteiger charge is -2.29. The molecule has 2 atom stereocenters. The largest absolute Gasteiger partial charge is 0.389 e. The molecule has 6 nitrogen and oxygen atoms in total. The molecule has 1 aromatic rings. The van der Waals surface area contributed by atoms with Crippen LogP contribution in [-0.4, -0.2) is 36.3 Å². The second-order valence-electron chi connectivity index (χ2n) is 4.77. The Bertz CT molecular complexity index is 462. The lowest BCUT2D eigenvalue weighted by molar-refractivity contribution is -0.384. The van der Waals surface area contributed by atoms with Crippen LogP contribution in [0.4, 0.5) is 11.4 Å². The van der Waals surface area contributed by atoms with Crippen LogP contribution < -0.4 is 4.90 Å². The van der Waals surface area contributed by atoms with Crippen LogP contribution in [0.25, 0.3) is 0 Å². The van der Waals surface area contributed by atoms with Crippen molar-refractivity contribution in [3.63, 3.8) is 0 Å². The molecule has 0 aliphatic heterocycles. The molecule has 1 rings (SSSR count). The van der Waals surface area contributed by atoms with Gasteiger partial charge in [0.1, 0.15) is 5.69 Å². The van der Waals surface area contributed by atoms with E-state index in [1.807, 2.05) is 18.7 Å². The van der Waals surface area contributed by atoms with Gasteiger partial charge in [-0.3, -0.25) is 10.1 Å². The molecule has 0 aliphatic rings. The molecule has 0 heterocycles. The molecule has 0 radical (unpaired) electrons. The number of rotatable bonds is 7. The number of benzene rings is 1. The predicted molar refractivity (Wildman–Crippen MR) is 78.1 cm³/mol. The van der Waals surface area contributed by atoms with Crippen LogP contribution in [0.3, 0.4) is 0 Å². The molecular formula is C14H22N2O4. The van der Waals surface area contributed by atoms with Gasteiger partial charge in [0, 0.05) is 25.8 Å². The first kappa shape index (κ1) is 16.4. The van der Waals surface area contributed by atoms with E-state index in [1.54, 1.807) is 26.2 Å². The molecule has 0 aliphatic carbocycles. The van der Waals surface area contributed by atoms with Crippen LogP contribution in [0.15, 0.2) is 18.2 Å². The maximum atomic E-state index is 11.3. The summed E-state index contributed by atoms with van der Waals surface area (Å²) < 4.78 is 5.12. The first-order chi connectivity index (χ1) is 9.42. The van der Waals surface area contributed by atoms with Crippen molar-refractivity contribution in [3.05, 3.63) is 33.9 Å². The van der Waals surface area contributed by atoms with Gasteiger partial charge < -0.3 is 14.7 Å². The van der Waals surface area contributed by atoms with Crippen LogP contribution in [0, 0.1) is 10.1 Å². The van der Waals surface area contributed by atoms with Gasteiger partial charge in [-0.2, -0.15) is 0 Å². The van der Waals surface area contributed by atoms with Gasteiger partial charge in [0.25, 0.3) is 5.69 Å². The number of anilines is 1. The van der Waals surface area contributed by atoms with E-state index in [0.717, 1.165) is 0 Å². The molecular weight excluding hydrogens is 260 g/mol. The van der Waals surface area contributed by atoms with Gasteiger partial charge in [-0.25, -0.2) is 0 Å². The van der Waals surface area contributed by atoms with E-state index < -0.39 is 11.0 Å². The zero-order chi connectivity index (χ0) is 15.3. The van der Waals surface area contributed by atoms with E-state index in [2.05, 4.69) is 0 Å². The maximum Gasteiger partial charge on any atom is 0.292 e. The topological polar surface area (TPSA) is 75.8 Å². The molecule has 6 heteroatoms. The summed E-state index contributed by atoms with van der Waals surface area (Å²) in [7, 11) is 1.61. The highest BCUT2D eigenvalue weighted by atomic mass is 16.6. The smallest absolute Gasteiger partial charge is 0.292 e. The Balaban J connectivity index is 3.24. The third kappa shape index (κ3) is 3.68. The molecule has 20 heavy (non-hydrogen) atoms. The molecule has 1 unspecified atom stereocenters. The number of aliphatic hydroxyl groups is 1. The molecule has 0 fully saturated rings. The van der Waals surface area contributed by atoms with Crippen LogP contribution >= 0.6 is 0 Å².